The van der Waals surface area contributed by atoms with E-state index in [4.69, 9.17) is 0 Å². The number of nitrogens with zero attached hydrogens (tertiary/aromatic N) is 3. The van der Waals surface area contributed by atoms with Crippen molar-refractivity contribution in [2.75, 3.05) is 19.0 Å². The van der Waals surface area contributed by atoms with Crippen LogP contribution in [0, 0.1) is 6.92 Å². The number of benzene rings is 1. The van der Waals surface area contributed by atoms with Crippen molar-refractivity contribution in [3.8, 4) is 0 Å². The maximum Gasteiger partial charge on any atom is 0.389 e. The highest BCUT2D eigenvalue weighted by atomic mass is 79.9. The predicted octanol–water partition coefficient (Wildman–Crippen LogP) is 3.82. The summed E-state index contributed by atoms with van der Waals surface area (Å²) >= 11 is 3.36. The van der Waals surface area contributed by atoms with Crippen LogP contribution in [0.1, 0.15) is 19.4 Å². The van der Waals surface area contributed by atoms with Gasteiger partial charge in [-0.15, -0.1) is 5.10 Å². The highest BCUT2D eigenvalue weighted by Crippen LogP contribution is 2.23. The van der Waals surface area contributed by atoms with Crippen molar-refractivity contribution in [1.82, 2.24) is 5.01 Å². The Morgan fingerprint density at radius 2 is 1.95 bits per heavy atom. The predicted molar refractivity (Wildman–Crippen MR) is 87.0 cm³/mol. The molecule has 124 valence electrons. The largest absolute Gasteiger partial charge is 0.401 e. The highest BCUT2D eigenvalue weighted by molar-refractivity contribution is 9.10. The van der Waals surface area contributed by atoms with Crippen molar-refractivity contribution in [3.63, 3.8) is 0 Å². The molecule has 0 aliphatic heterocycles. The first-order valence-corrected chi connectivity index (χ1v) is 7.36. The van der Waals surface area contributed by atoms with Gasteiger partial charge in [-0.25, -0.2) is 5.01 Å². The quantitative estimate of drug-likeness (QED) is 0.345. The molecule has 0 fully saturated rings. The molecule has 0 radical (unpaired) electrons. The van der Waals surface area contributed by atoms with Gasteiger partial charge < -0.3 is 4.74 Å². The van der Waals surface area contributed by atoms with E-state index in [-0.39, 0.29) is 6.02 Å². The van der Waals surface area contributed by atoms with Gasteiger partial charge in [0.2, 0.25) is 6.41 Å². The van der Waals surface area contributed by atoms with Gasteiger partial charge in [0.15, 0.2) is 0 Å². The third kappa shape index (κ3) is 6.38. The molecule has 0 bridgehead atoms. The van der Waals surface area contributed by atoms with E-state index in [9.17, 15) is 13.6 Å². The number of anilines is 1. The van der Waals surface area contributed by atoms with E-state index in [1.807, 2.05) is 26.8 Å². The Bertz CT molecular complexity index is 513. The zero-order chi connectivity index (χ0) is 17.3. The Labute approximate surface area is 137 Å². The fourth-order valence-electron chi connectivity index (χ4n) is 1.31. The maximum absolute atomic E-state index is 12.4. The summed E-state index contributed by atoms with van der Waals surface area (Å²) in [4.78, 5) is 11.8. The summed E-state index contributed by atoms with van der Waals surface area (Å²) < 4.78 is 30.0. The molecular formula is C14H20BrF2N3O2. The second kappa shape index (κ2) is 10.1. The Hall–Kier alpha value is -1.70. The van der Waals surface area contributed by atoms with Crippen molar-refractivity contribution in [3.05, 3.63) is 28.2 Å². The lowest BCUT2D eigenvalue weighted by Gasteiger charge is -2.22. The van der Waals surface area contributed by atoms with Gasteiger partial charge in [-0.1, -0.05) is 35.8 Å². The van der Waals surface area contributed by atoms with Crippen LogP contribution < -0.4 is 4.90 Å². The summed E-state index contributed by atoms with van der Waals surface area (Å²) in [5.74, 6) is 0. The first kappa shape index (κ1) is 20.3. The third-order valence-corrected chi connectivity index (χ3v) is 3.27. The van der Waals surface area contributed by atoms with Crippen LogP contribution in [-0.4, -0.2) is 38.1 Å². The average molecular weight is 380 g/mol. The number of aryl methyl sites for hydroxylation is 1. The number of amides is 1. The average Bonchev–Trinajstić information content (AvgIpc) is 2.50. The summed E-state index contributed by atoms with van der Waals surface area (Å²) in [7, 11) is 2.83. The molecule has 0 spiro atoms. The number of hydrogen-bond acceptors (Lipinski definition) is 3. The number of halogens is 3. The number of amidine groups is 1. The van der Waals surface area contributed by atoms with E-state index >= 15 is 0 Å². The summed E-state index contributed by atoms with van der Waals surface area (Å²) in [6.07, 6.45) is 0.383. The monoisotopic (exact) mass is 379 g/mol. The Morgan fingerprint density at radius 3 is 2.41 bits per heavy atom. The Kier molecular flexibility index (Phi) is 9.32. The number of hydrazone groups is 1. The van der Waals surface area contributed by atoms with Gasteiger partial charge in [-0.2, -0.15) is 8.78 Å². The first-order chi connectivity index (χ1) is 10.3. The van der Waals surface area contributed by atoms with Crippen LogP contribution in [0.5, 0.6) is 0 Å². The SMILES string of the molecule is CC.Cc1ccc(N(C)/C(=N\N(C)C=O)OC(F)F)cc1Br. The van der Waals surface area contributed by atoms with Crippen LogP contribution in [0.15, 0.2) is 27.8 Å². The molecule has 5 nitrogen and oxygen atoms in total. The lowest BCUT2D eigenvalue weighted by molar-refractivity contribution is -0.117. The molecule has 0 aliphatic rings. The number of alkyl halides is 2. The molecule has 22 heavy (non-hydrogen) atoms. The Morgan fingerprint density at radius 1 is 1.36 bits per heavy atom. The summed E-state index contributed by atoms with van der Waals surface area (Å²) in [6, 6.07) is 4.90. The smallest absolute Gasteiger partial charge is 0.389 e. The minimum absolute atomic E-state index is 0.383. The second-order valence-corrected chi connectivity index (χ2v) is 4.79. The maximum atomic E-state index is 12.4. The second-order valence-electron chi connectivity index (χ2n) is 3.93. The minimum atomic E-state index is -3.04. The molecule has 0 saturated carbocycles. The van der Waals surface area contributed by atoms with Crippen LogP contribution >= 0.6 is 15.9 Å². The number of ether oxygens (including phenoxy) is 1. The molecule has 0 unspecified atom stereocenters. The summed E-state index contributed by atoms with van der Waals surface area (Å²) in [5.41, 5.74) is 1.58. The summed E-state index contributed by atoms with van der Waals surface area (Å²) in [5, 5.41) is 4.50. The van der Waals surface area contributed by atoms with Gasteiger partial charge in [-0.3, -0.25) is 9.69 Å². The van der Waals surface area contributed by atoms with Gasteiger partial charge >= 0.3 is 12.6 Å². The minimum Gasteiger partial charge on any atom is -0.401 e. The molecule has 0 atom stereocenters. The number of carbonyl (C=O) groups excluding carboxylic acids is 1. The van der Waals surface area contributed by atoms with Crippen molar-refractivity contribution < 1.29 is 18.3 Å². The lowest BCUT2D eigenvalue weighted by atomic mass is 10.2. The number of hydrogen-bond donors (Lipinski definition) is 0. The van der Waals surface area contributed by atoms with Crippen LogP contribution in [-0.2, 0) is 9.53 Å². The van der Waals surface area contributed by atoms with Gasteiger partial charge in [0.25, 0.3) is 0 Å². The van der Waals surface area contributed by atoms with Gasteiger partial charge in [0, 0.05) is 24.3 Å². The molecule has 1 aromatic carbocycles. The van der Waals surface area contributed by atoms with Crippen molar-refractivity contribution in [2.45, 2.75) is 27.4 Å². The third-order valence-electron chi connectivity index (χ3n) is 2.42. The van der Waals surface area contributed by atoms with Crippen LogP contribution in [0.25, 0.3) is 0 Å². The molecular weight excluding hydrogens is 360 g/mol. The molecule has 0 heterocycles. The standard InChI is InChI=1S/C12H14BrF2N3O2.C2H6/c1-8-4-5-9(6-10(8)13)18(3)12(20-11(14)15)16-17(2)7-19;1-2/h4-7,11H,1-3H3;1-2H3/b16-12+;. The molecule has 0 saturated heterocycles. The van der Waals surface area contributed by atoms with Crippen molar-refractivity contribution in [2.24, 2.45) is 5.10 Å². The van der Waals surface area contributed by atoms with Gasteiger partial charge in [0.1, 0.15) is 0 Å². The zero-order valence-electron chi connectivity index (χ0n) is 13.2. The molecule has 0 N–H and O–H groups in total. The van der Waals surface area contributed by atoms with E-state index in [1.165, 1.54) is 19.0 Å². The summed E-state index contributed by atoms with van der Waals surface area (Å²) in [6.45, 7) is 2.86. The van der Waals surface area contributed by atoms with E-state index in [0.29, 0.717) is 12.1 Å². The van der Waals surface area contributed by atoms with Gasteiger partial charge in [-0.05, 0) is 24.6 Å². The van der Waals surface area contributed by atoms with E-state index < -0.39 is 6.61 Å². The molecule has 0 aromatic heterocycles. The first-order valence-electron chi connectivity index (χ1n) is 6.56. The van der Waals surface area contributed by atoms with E-state index in [0.717, 1.165) is 15.0 Å². The fourth-order valence-corrected chi connectivity index (χ4v) is 1.68. The number of rotatable bonds is 4. The number of carbonyl (C=O) groups is 1. The van der Waals surface area contributed by atoms with Crippen LogP contribution in [0.4, 0.5) is 14.5 Å². The van der Waals surface area contributed by atoms with Crippen molar-refractivity contribution in [1.29, 1.82) is 0 Å². The topological polar surface area (TPSA) is 45.1 Å². The highest BCUT2D eigenvalue weighted by Gasteiger charge is 2.17. The molecule has 1 aromatic rings. The zero-order valence-corrected chi connectivity index (χ0v) is 14.8. The fraction of sp³-hybridized carbons (Fsp3) is 0.429. The normalized spacial score (nSPS) is 10.7. The van der Waals surface area contributed by atoms with E-state index in [2.05, 4.69) is 25.8 Å². The lowest BCUT2D eigenvalue weighted by Crippen LogP contribution is -2.32. The van der Waals surface area contributed by atoms with Gasteiger partial charge in [0.05, 0.1) is 0 Å². The van der Waals surface area contributed by atoms with Crippen LogP contribution in [0.3, 0.4) is 0 Å². The van der Waals surface area contributed by atoms with Crippen molar-refractivity contribution >= 4 is 34.0 Å². The molecule has 0 aliphatic carbocycles. The molecule has 1 rings (SSSR count). The Balaban J connectivity index is 0.00000211. The van der Waals surface area contributed by atoms with E-state index in [1.54, 1.807) is 12.1 Å². The molecule has 8 heteroatoms. The van der Waals surface area contributed by atoms with Crippen LogP contribution in [0.2, 0.25) is 0 Å². The molecule has 1 amide bonds.